The Balaban J connectivity index is 1.75. The fraction of sp³-hybridized carbons (Fsp3) is 0.680. The zero-order valence-electron chi connectivity index (χ0n) is 18.4. The first-order chi connectivity index (χ1) is 14.6. The van der Waals surface area contributed by atoms with Crippen molar-refractivity contribution in [3.05, 3.63) is 29.8 Å². The lowest BCUT2D eigenvalue weighted by atomic mass is 9.87. The summed E-state index contributed by atoms with van der Waals surface area (Å²) in [5.74, 6) is -0.475. The zero-order chi connectivity index (χ0) is 21.3. The number of benzene rings is 1. The minimum Gasteiger partial charge on any atom is -0.508 e. The molecule has 5 nitrogen and oxygen atoms in total. The van der Waals surface area contributed by atoms with Crippen molar-refractivity contribution in [2.24, 2.45) is 5.92 Å². The molecule has 3 rings (SSSR count). The van der Waals surface area contributed by atoms with E-state index in [-0.39, 0.29) is 24.0 Å². The maximum Gasteiger partial charge on any atom is 0.309 e. The number of phenolic OH excluding ortho intramolecular Hbond substituents is 1. The van der Waals surface area contributed by atoms with Gasteiger partial charge in [0.2, 0.25) is 5.91 Å². The van der Waals surface area contributed by atoms with Gasteiger partial charge in [0.1, 0.15) is 5.75 Å². The zero-order valence-corrected chi connectivity index (χ0v) is 18.4. The minimum atomic E-state index is -0.489. The van der Waals surface area contributed by atoms with Crippen LogP contribution in [-0.2, 0) is 20.7 Å². The summed E-state index contributed by atoms with van der Waals surface area (Å²) in [6, 6.07) is 7.51. The molecule has 2 fully saturated rings. The lowest BCUT2D eigenvalue weighted by Crippen LogP contribution is -2.49. The maximum atomic E-state index is 13.6. The van der Waals surface area contributed by atoms with E-state index in [4.69, 9.17) is 4.74 Å². The highest BCUT2D eigenvalue weighted by Crippen LogP contribution is 2.31. The third-order valence-electron chi connectivity index (χ3n) is 6.68. The number of ether oxygens (including phenoxy) is 1. The van der Waals surface area contributed by atoms with E-state index in [2.05, 4.69) is 4.90 Å². The number of hydrogen-bond donors (Lipinski definition) is 1. The molecule has 1 amide bonds. The second-order valence-corrected chi connectivity index (χ2v) is 8.91. The normalized spacial score (nSPS) is 19.2. The molecule has 0 aromatic heterocycles. The Morgan fingerprint density at radius 2 is 1.50 bits per heavy atom. The van der Waals surface area contributed by atoms with Crippen molar-refractivity contribution < 1.29 is 19.4 Å². The number of phenols is 1. The second kappa shape index (κ2) is 11.4. The van der Waals surface area contributed by atoms with Crippen molar-refractivity contribution >= 4 is 11.9 Å². The molecule has 1 aromatic rings. The summed E-state index contributed by atoms with van der Waals surface area (Å²) < 4.78 is 5.31. The second-order valence-electron chi connectivity index (χ2n) is 8.91. The summed E-state index contributed by atoms with van der Waals surface area (Å²) in [7, 11) is 0. The Morgan fingerprint density at radius 1 is 0.967 bits per heavy atom. The van der Waals surface area contributed by atoms with E-state index < -0.39 is 5.92 Å². The SMILES string of the molecule is CCOC(=O)C(CC(=O)N(C1CCCCC1)C1CCCCC1)Cc1ccc(O)cc1. The first-order valence-corrected chi connectivity index (χ1v) is 11.8. The Kier molecular flexibility index (Phi) is 8.59. The van der Waals surface area contributed by atoms with E-state index >= 15 is 0 Å². The lowest BCUT2D eigenvalue weighted by Gasteiger charge is -2.42. The maximum absolute atomic E-state index is 13.6. The molecular weight excluding hydrogens is 378 g/mol. The van der Waals surface area contributed by atoms with Crippen molar-refractivity contribution in [1.29, 1.82) is 0 Å². The highest BCUT2D eigenvalue weighted by atomic mass is 16.5. The first-order valence-electron chi connectivity index (χ1n) is 11.8. The van der Waals surface area contributed by atoms with Gasteiger partial charge in [-0.3, -0.25) is 9.59 Å². The van der Waals surface area contributed by atoms with Crippen LogP contribution in [0.25, 0.3) is 0 Å². The molecule has 2 saturated carbocycles. The minimum absolute atomic E-state index is 0.116. The van der Waals surface area contributed by atoms with Gasteiger partial charge in [-0.25, -0.2) is 0 Å². The molecule has 0 heterocycles. The number of hydrogen-bond acceptors (Lipinski definition) is 4. The predicted molar refractivity (Wildman–Crippen MR) is 117 cm³/mol. The molecule has 1 unspecified atom stereocenters. The van der Waals surface area contributed by atoms with Crippen LogP contribution in [-0.4, -0.2) is 40.6 Å². The Hall–Kier alpha value is -2.04. The molecule has 0 aliphatic heterocycles. The van der Waals surface area contributed by atoms with Gasteiger partial charge in [0.25, 0.3) is 0 Å². The number of nitrogens with zero attached hydrogens (tertiary/aromatic N) is 1. The molecule has 1 atom stereocenters. The van der Waals surface area contributed by atoms with Gasteiger partial charge in [-0.1, -0.05) is 50.7 Å². The highest BCUT2D eigenvalue weighted by molar-refractivity contribution is 5.83. The van der Waals surface area contributed by atoms with Gasteiger partial charge in [-0.15, -0.1) is 0 Å². The van der Waals surface area contributed by atoms with Gasteiger partial charge in [-0.05, 0) is 56.7 Å². The molecule has 0 bridgehead atoms. The van der Waals surface area contributed by atoms with Crippen LogP contribution in [0.3, 0.4) is 0 Å². The number of esters is 1. The summed E-state index contributed by atoms with van der Waals surface area (Å²) in [5.41, 5.74) is 0.931. The highest BCUT2D eigenvalue weighted by Gasteiger charge is 2.35. The number of carbonyl (C=O) groups is 2. The van der Waals surface area contributed by atoms with Crippen molar-refractivity contribution in [2.75, 3.05) is 6.61 Å². The molecule has 2 aliphatic rings. The van der Waals surface area contributed by atoms with Crippen LogP contribution in [0.5, 0.6) is 5.75 Å². The van der Waals surface area contributed by atoms with Crippen LogP contribution in [0.15, 0.2) is 24.3 Å². The summed E-state index contributed by atoms with van der Waals surface area (Å²) in [6.45, 7) is 2.11. The van der Waals surface area contributed by atoms with E-state index in [0.29, 0.717) is 25.1 Å². The summed E-state index contributed by atoms with van der Waals surface area (Å²) in [6.07, 6.45) is 12.3. The molecule has 0 radical (unpaired) electrons. The molecule has 30 heavy (non-hydrogen) atoms. The Bertz CT molecular complexity index is 657. The molecule has 0 saturated heterocycles. The van der Waals surface area contributed by atoms with Gasteiger partial charge in [-0.2, -0.15) is 0 Å². The van der Waals surface area contributed by atoms with Crippen LogP contribution in [0.2, 0.25) is 0 Å². The van der Waals surface area contributed by atoms with E-state index in [0.717, 1.165) is 31.2 Å². The van der Waals surface area contributed by atoms with Crippen LogP contribution in [0, 0.1) is 5.92 Å². The Morgan fingerprint density at radius 3 is 2.00 bits per heavy atom. The van der Waals surface area contributed by atoms with Gasteiger partial charge in [0.05, 0.1) is 12.5 Å². The van der Waals surface area contributed by atoms with Gasteiger partial charge >= 0.3 is 5.97 Å². The fourth-order valence-electron chi connectivity index (χ4n) is 5.16. The number of aromatic hydroxyl groups is 1. The predicted octanol–water partition coefficient (Wildman–Crippen LogP) is 5.00. The van der Waals surface area contributed by atoms with Gasteiger partial charge in [0.15, 0.2) is 0 Å². The molecule has 1 aromatic carbocycles. The molecule has 1 N–H and O–H groups in total. The number of carbonyl (C=O) groups excluding carboxylic acids is 2. The summed E-state index contributed by atoms with van der Waals surface area (Å²) in [5, 5.41) is 9.54. The van der Waals surface area contributed by atoms with E-state index in [1.54, 1.807) is 19.1 Å². The van der Waals surface area contributed by atoms with E-state index in [1.807, 2.05) is 12.1 Å². The average molecular weight is 416 g/mol. The first kappa shape index (κ1) is 22.6. The number of amides is 1. The van der Waals surface area contributed by atoms with Gasteiger partial charge in [0, 0.05) is 18.5 Å². The number of rotatable bonds is 8. The Labute approximate surface area is 180 Å². The third-order valence-corrected chi connectivity index (χ3v) is 6.68. The van der Waals surface area contributed by atoms with E-state index in [9.17, 15) is 14.7 Å². The average Bonchev–Trinajstić information content (AvgIpc) is 2.76. The van der Waals surface area contributed by atoms with Crippen molar-refractivity contribution in [2.45, 2.75) is 96.1 Å². The summed E-state index contributed by atoms with van der Waals surface area (Å²) in [4.78, 5) is 28.4. The van der Waals surface area contributed by atoms with Crippen molar-refractivity contribution in [3.8, 4) is 5.75 Å². The van der Waals surface area contributed by atoms with Gasteiger partial charge < -0.3 is 14.7 Å². The molecule has 2 aliphatic carbocycles. The quantitative estimate of drug-likeness (QED) is 0.607. The topological polar surface area (TPSA) is 66.8 Å². The molecular formula is C25H37NO4. The molecule has 0 spiro atoms. The fourth-order valence-corrected chi connectivity index (χ4v) is 5.16. The largest absolute Gasteiger partial charge is 0.508 e. The smallest absolute Gasteiger partial charge is 0.309 e. The van der Waals surface area contributed by atoms with E-state index in [1.165, 1.54) is 38.5 Å². The van der Waals surface area contributed by atoms with Crippen LogP contribution in [0.4, 0.5) is 0 Å². The lowest BCUT2D eigenvalue weighted by molar-refractivity contribution is -0.152. The standard InChI is InChI=1S/C25H37NO4/c1-2-30-25(29)20(17-19-13-15-23(27)16-14-19)18-24(28)26(21-9-5-3-6-10-21)22-11-7-4-8-12-22/h13-16,20-22,27H,2-12,17-18H2,1H3. The molecule has 5 heteroatoms. The van der Waals surface area contributed by atoms with Crippen molar-refractivity contribution in [1.82, 2.24) is 4.90 Å². The summed E-state index contributed by atoms with van der Waals surface area (Å²) >= 11 is 0. The monoisotopic (exact) mass is 415 g/mol. The molecule has 166 valence electrons. The van der Waals surface area contributed by atoms with Crippen LogP contribution < -0.4 is 0 Å². The third kappa shape index (κ3) is 6.23. The van der Waals surface area contributed by atoms with Crippen molar-refractivity contribution in [3.63, 3.8) is 0 Å². The van der Waals surface area contributed by atoms with Crippen LogP contribution >= 0.6 is 0 Å². The van der Waals surface area contributed by atoms with Crippen LogP contribution in [0.1, 0.15) is 83.1 Å².